The first kappa shape index (κ1) is 16.3. The number of nitrogens with two attached hydrogens (primary N) is 1. The van der Waals surface area contributed by atoms with Crippen molar-refractivity contribution in [2.24, 2.45) is 5.73 Å². The van der Waals surface area contributed by atoms with E-state index in [9.17, 15) is 0 Å². The first-order valence-electron chi connectivity index (χ1n) is 8.27. The Morgan fingerprint density at radius 3 is 2.58 bits per heavy atom. The molecule has 0 spiro atoms. The maximum Gasteiger partial charge on any atom is 0.119 e. The summed E-state index contributed by atoms with van der Waals surface area (Å²) in [4.78, 5) is 0. The van der Waals surface area contributed by atoms with Crippen LogP contribution >= 0.6 is 0 Å². The zero-order valence-corrected chi connectivity index (χ0v) is 14.1. The molecule has 4 heteroatoms. The number of aromatic nitrogens is 2. The maximum atomic E-state index is 6.07. The van der Waals surface area contributed by atoms with E-state index in [0.29, 0.717) is 13.2 Å². The Balaban J connectivity index is 1.91. The third-order valence-corrected chi connectivity index (χ3v) is 4.21. The summed E-state index contributed by atoms with van der Waals surface area (Å²) >= 11 is 0. The van der Waals surface area contributed by atoms with Crippen LogP contribution in [-0.2, 0) is 0 Å². The SMILES string of the molecule is CCOc1ccc(C(CN)c2cc(-c3ccccc3)n[nH]2)c(C)c1. The Kier molecular flexibility index (Phi) is 4.96. The molecule has 1 heterocycles. The molecule has 0 radical (unpaired) electrons. The van der Waals surface area contributed by atoms with Gasteiger partial charge in [-0.25, -0.2) is 0 Å². The Labute approximate surface area is 142 Å². The summed E-state index contributed by atoms with van der Waals surface area (Å²) in [6.07, 6.45) is 0. The minimum Gasteiger partial charge on any atom is -0.494 e. The lowest BCUT2D eigenvalue weighted by Gasteiger charge is -2.17. The van der Waals surface area contributed by atoms with E-state index in [-0.39, 0.29) is 5.92 Å². The fraction of sp³-hybridized carbons (Fsp3) is 0.250. The van der Waals surface area contributed by atoms with Crippen LogP contribution in [0.1, 0.15) is 29.7 Å². The number of rotatable bonds is 6. The second-order valence-electron chi connectivity index (χ2n) is 5.81. The number of aromatic amines is 1. The largest absolute Gasteiger partial charge is 0.494 e. The van der Waals surface area contributed by atoms with Crippen LogP contribution in [0, 0.1) is 6.92 Å². The summed E-state index contributed by atoms with van der Waals surface area (Å²) in [5, 5.41) is 7.61. The molecule has 1 unspecified atom stereocenters. The normalized spacial score (nSPS) is 12.1. The monoisotopic (exact) mass is 321 g/mol. The van der Waals surface area contributed by atoms with Crippen molar-refractivity contribution >= 4 is 0 Å². The fourth-order valence-electron chi connectivity index (χ4n) is 2.99. The number of benzene rings is 2. The number of hydrogen-bond acceptors (Lipinski definition) is 3. The molecular weight excluding hydrogens is 298 g/mol. The summed E-state index contributed by atoms with van der Waals surface area (Å²) in [6, 6.07) is 18.4. The molecule has 1 aromatic heterocycles. The Morgan fingerprint density at radius 1 is 1.12 bits per heavy atom. The number of ether oxygens (including phenoxy) is 1. The smallest absolute Gasteiger partial charge is 0.119 e. The van der Waals surface area contributed by atoms with Crippen LogP contribution in [0.2, 0.25) is 0 Å². The molecule has 0 amide bonds. The second-order valence-corrected chi connectivity index (χ2v) is 5.81. The van der Waals surface area contributed by atoms with Gasteiger partial charge in [0.2, 0.25) is 0 Å². The molecule has 0 fully saturated rings. The molecule has 3 N–H and O–H groups in total. The molecule has 0 saturated carbocycles. The highest BCUT2D eigenvalue weighted by atomic mass is 16.5. The first-order valence-corrected chi connectivity index (χ1v) is 8.27. The molecule has 0 aliphatic heterocycles. The van der Waals surface area contributed by atoms with E-state index in [4.69, 9.17) is 10.5 Å². The van der Waals surface area contributed by atoms with Gasteiger partial charge in [-0.2, -0.15) is 5.10 Å². The van der Waals surface area contributed by atoms with Crippen LogP contribution in [0.25, 0.3) is 11.3 Å². The molecule has 0 aliphatic rings. The molecule has 2 aromatic carbocycles. The quantitative estimate of drug-likeness (QED) is 0.724. The highest BCUT2D eigenvalue weighted by Crippen LogP contribution is 2.30. The van der Waals surface area contributed by atoms with E-state index in [1.807, 2.05) is 31.2 Å². The molecule has 0 bridgehead atoms. The second kappa shape index (κ2) is 7.32. The molecular formula is C20H23N3O. The first-order chi connectivity index (χ1) is 11.7. The van der Waals surface area contributed by atoms with Gasteiger partial charge in [0.15, 0.2) is 0 Å². The average molecular weight is 321 g/mol. The summed E-state index contributed by atoms with van der Waals surface area (Å²) in [5.74, 6) is 0.981. The van der Waals surface area contributed by atoms with Gasteiger partial charge in [0, 0.05) is 23.7 Å². The van der Waals surface area contributed by atoms with Crippen LogP contribution in [0.15, 0.2) is 54.6 Å². The Hall–Kier alpha value is -2.59. The summed E-state index contributed by atoms with van der Waals surface area (Å²) in [5.41, 5.74) is 11.5. The third kappa shape index (κ3) is 3.34. The van der Waals surface area contributed by atoms with E-state index in [0.717, 1.165) is 22.7 Å². The molecule has 4 nitrogen and oxygen atoms in total. The summed E-state index contributed by atoms with van der Waals surface area (Å²) in [7, 11) is 0. The number of nitrogens with zero attached hydrogens (tertiary/aromatic N) is 1. The van der Waals surface area contributed by atoms with Gasteiger partial charge in [-0.3, -0.25) is 5.10 Å². The van der Waals surface area contributed by atoms with Gasteiger partial charge in [-0.1, -0.05) is 36.4 Å². The Morgan fingerprint density at radius 2 is 1.92 bits per heavy atom. The molecule has 1 atom stereocenters. The zero-order valence-electron chi connectivity index (χ0n) is 14.1. The van der Waals surface area contributed by atoms with Gasteiger partial charge in [-0.05, 0) is 43.2 Å². The van der Waals surface area contributed by atoms with Gasteiger partial charge in [0.05, 0.1) is 12.3 Å². The lowest BCUT2D eigenvalue weighted by atomic mass is 9.91. The fourth-order valence-corrected chi connectivity index (χ4v) is 2.99. The van der Waals surface area contributed by atoms with E-state index in [1.54, 1.807) is 0 Å². The van der Waals surface area contributed by atoms with Gasteiger partial charge < -0.3 is 10.5 Å². The summed E-state index contributed by atoms with van der Waals surface area (Å²) < 4.78 is 5.57. The zero-order chi connectivity index (χ0) is 16.9. The van der Waals surface area contributed by atoms with Crippen molar-refractivity contribution in [3.63, 3.8) is 0 Å². The molecule has 0 aliphatic carbocycles. The molecule has 24 heavy (non-hydrogen) atoms. The van der Waals surface area contributed by atoms with Crippen molar-refractivity contribution in [1.29, 1.82) is 0 Å². The number of H-pyrrole nitrogens is 1. The highest BCUT2D eigenvalue weighted by Gasteiger charge is 2.18. The van der Waals surface area contributed by atoms with Gasteiger partial charge in [0.25, 0.3) is 0 Å². The van der Waals surface area contributed by atoms with Crippen molar-refractivity contribution in [3.8, 4) is 17.0 Å². The van der Waals surface area contributed by atoms with Crippen molar-refractivity contribution in [1.82, 2.24) is 10.2 Å². The number of nitrogens with one attached hydrogen (secondary N) is 1. The predicted octanol–water partition coefficient (Wildman–Crippen LogP) is 3.87. The number of aryl methyl sites for hydroxylation is 1. The van der Waals surface area contributed by atoms with Crippen molar-refractivity contribution in [2.45, 2.75) is 19.8 Å². The van der Waals surface area contributed by atoms with Crippen LogP contribution in [0.4, 0.5) is 0 Å². The lowest BCUT2D eigenvalue weighted by Crippen LogP contribution is -2.15. The maximum absolute atomic E-state index is 6.07. The lowest BCUT2D eigenvalue weighted by molar-refractivity contribution is 0.340. The minimum atomic E-state index is 0.0886. The van der Waals surface area contributed by atoms with Gasteiger partial charge >= 0.3 is 0 Å². The van der Waals surface area contributed by atoms with Crippen molar-refractivity contribution < 1.29 is 4.74 Å². The molecule has 124 valence electrons. The summed E-state index contributed by atoms with van der Waals surface area (Å²) in [6.45, 7) is 5.27. The molecule has 0 saturated heterocycles. The third-order valence-electron chi connectivity index (χ3n) is 4.21. The molecule has 3 rings (SSSR count). The predicted molar refractivity (Wildman–Crippen MR) is 97.3 cm³/mol. The van der Waals surface area contributed by atoms with E-state index in [2.05, 4.69) is 47.5 Å². The Bertz CT molecular complexity index is 796. The van der Waals surface area contributed by atoms with E-state index < -0.39 is 0 Å². The number of hydrogen-bond donors (Lipinski definition) is 2. The van der Waals surface area contributed by atoms with Crippen LogP contribution < -0.4 is 10.5 Å². The highest BCUT2D eigenvalue weighted by molar-refractivity contribution is 5.59. The van der Waals surface area contributed by atoms with E-state index >= 15 is 0 Å². The van der Waals surface area contributed by atoms with Crippen molar-refractivity contribution in [2.75, 3.05) is 13.2 Å². The van der Waals surface area contributed by atoms with Crippen LogP contribution in [0.3, 0.4) is 0 Å². The van der Waals surface area contributed by atoms with Gasteiger partial charge in [0.1, 0.15) is 5.75 Å². The molecule has 3 aromatic rings. The van der Waals surface area contributed by atoms with Crippen molar-refractivity contribution in [3.05, 3.63) is 71.4 Å². The van der Waals surface area contributed by atoms with Crippen LogP contribution in [-0.4, -0.2) is 23.3 Å². The standard InChI is InChI=1S/C20H23N3O/c1-3-24-16-9-10-17(14(2)11-16)18(13-21)20-12-19(22-23-20)15-7-5-4-6-8-15/h4-12,18H,3,13,21H2,1-2H3,(H,22,23). The topological polar surface area (TPSA) is 63.9 Å². The average Bonchev–Trinajstić information content (AvgIpc) is 3.08. The van der Waals surface area contributed by atoms with Gasteiger partial charge in [-0.15, -0.1) is 0 Å². The van der Waals surface area contributed by atoms with Crippen LogP contribution in [0.5, 0.6) is 5.75 Å². The van der Waals surface area contributed by atoms with E-state index in [1.165, 1.54) is 11.1 Å². The minimum absolute atomic E-state index is 0.0886.